The maximum absolute atomic E-state index is 12.2. The fourth-order valence-corrected chi connectivity index (χ4v) is 2.94. The van der Waals surface area contributed by atoms with Crippen molar-refractivity contribution >= 4 is 10.0 Å². The van der Waals surface area contributed by atoms with Gasteiger partial charge in [-0.25, -0.2) is 18.1 Å². The fourth-order valence-electron chi connectivity index (χ4n) is 1.75. The topological polar surface area (TPSA) is 102 Å². The van der Waals surface area contributed by atoms with Crippen molar-refractivity contribution in [3.8, 4) is 0 Å². The van der Waals surface area contributed by atoms with Gasteiger partial charge in [0.25, 0.3) is 0 Å². The van der Waals surface area contributed by atoms with Crippen LogP contribution in [0.1, 0.15) is 17.3 Å². The standard InChI is InChI=1S/C11H17N5O3S/c1-8-10(4-9(19-8)5-12-2)20(17,18)14-6-11-13-7-16(3)15-11/h4,7,12,14H,5-6H2,1-3H3. The first-order valence-electron chi connectivity index (χ1n) is 6.00. The van der Waals surface area contributed by atoms with Gasteiger partial charge < -0.3 is 9.73 Å². The Labute approximate surface area is 117 Å². The molecule has 0 saturated carbocycles. The summed E-state index contributed by atoms with van der Waals surface area (Å²) in [6.07, 6.45) is 1.51. The number of nitrogens with zero attached hydrogens (tertiary/aromatic N) is 3. The molecule has 2 heterocycles. The Morgan fingerprint density at radius 2 is 2.15 bits per heavy atom. The number of aryl methyl sites for hydroxylation is 2. The molecule has 0 spiro atoms. The smallest absolute Gasteiger partial charge is 0.244 e. The molecule has 0 fully saturated rings. The number of hydrogen-bond acceptors (Lipinski definition) is 6. The van der Waals surface area contributed by atoms with E-state index in [4.69, 9.17) is 4.42 Å². The first-order chi connectivity index (χ1) is 9.42. The molecule has 2 rings (SSSR count). The highest BCUT2D eigenvalue weighted by atomic mass is 32.2. The van der Waals surface area contributed by atoms with Crippen LogP contribution in [0.25, 0.3) is 0 Å². The van der Waals surface area contributed by atoms with Gasteiger partial charge in [0, 0.05) is 13.1 Å². The highest BCUT2D eigenvalue weighted by molar-refractivity contribution is 7.89. The molecule has 110 valence electrons. The van der Waals surface area contributed by atoms with Crippen molar-refractivity contribution in [2.45, 2.75) is 24.9 Å². The zero-order chi connectivity index (χ0) is 14.8. The van der Waals surface area contributed by atoms with E-state index in [1.54, 1.807) is 21.0 Å². The van der Waals surface area contributed by atoms with E-state index >= 15 is 0 Å². The van der Waals surface area contributed by atoms with Gasteiger partial charge in [0.15, 0.2) is 5.82 Å². The lowest BCUT2D eigenvalue weighted by atomic mass is 10.4. The van der Waals surface area contributed by atoms with E-state index in [0.717, 1.165) is 0 Å². The minimum atomic E-state index is -3.64. The number of rotatable bonds is 6. The molecule has 0 saturated heterocycles. The largest absolute Gasteiger partial charge is 0.464 e. The second-order valence-corrected chi connectivity index (χ2v) is 6.06. The van der Waals surface area contributed by atoms with E-state index in [1.165, 1.54) is 17.1 Å². The molecule has 0 aliphatic rings. The summed E-state index contributed by atoms with van der Waals surface area (Å²) in [6, 6.07) is 1.51. The van der Waals surface area contributed by atoms with Gasteiger partial charge in [-0.3, -0.25) is 4.68 Å². The number of sulfonamides is 1. The molecule has 0 radical (unpaired) electrons. The molecule has 0 aromatic carbocycles. The molecule has 0 unspecified atom stereocenters. The van der Waals surface area contributed by atoms with E-state index in [-0.39, 0.29) is 11.4 Å². The third-order valence-electron chi connectivity index (χ3n) is 2.63. The van der Waals surface area contributed by atoms with E-state index in [0.29, 0.717) is 23.9 Å². The predicted octanol–water partition coefficient (Wildman–Crippen LogP) is -0.0856. The van der Waals surface area contributed by atoms with Crippen LogP contribution < -0.4 is 10.0 Å². The molecule has 0 aliphatic heterocycles. The molecular weight excluding hydrogens is 282 g/mol. The molecule has 0 amide bonds. The first kappa shape index (κ1) is 14.7. The summed E-state index contributed by atoms with van der Waals surface area (Å²) in [5.41, 5.74) is 0. The Kier molecular flexibility index (Phi) is 4.21. The lowest BCUT2D eigenvalue weighted by Gasteiger charge is -2.02. The average Bonchev–Trinajstić information content (AvgIpc) is 2.94. The minimum absolute atomic E-state index is 0.0369. The Balaban J connectivity index is 2.13. The zero-order valence-electron chi connectivity index (χ0n) is 11.5. The molecule has 20 heavy (non-hydrogen) atoms. The SMILES string of the molecule is CNCc1cc(S(=O)(=O)NCc2ncn(C)n2)c(C)o1. The number of aromatic nitrogens is 3. The van der Waals surface area contributed by atoms with Crippen LogP contribution in [0.5, 0.6) is 0 Å². The highest BCUT2D eigenvalue weighted by Gasteiger charge is 2.21. The normalized spacial score (nSPS) is 11.9. The monoisotopic (exact) mass is 299 g/mol. The van der Waals surface area contributed by atoms with E-state index < -0.39 is 10.0 Å². The van der Waals surface area contributed by atoms with Crippen molar-refractivity contribution in [2.75, 3.05) is 7.05 Å². The molecular formula is C11H17N5O3S. The summed E-state index contributed by atoms with van der Waals surface area (Å²) in [7, 11) is -0.160. The van der Waals surface area contributed by atoms with Crippen LogP contribution in [0.15, 0.2) is 21.7 Å². The van der Waals surface area contributed by atoms with Crippen molar-refractivity contribution in [1.82, 2.24) is 24.8 Å². The Hall–Kier alpha value is -1.71. The number of hydrogen-bond donors (Lipinski definition) is 2. The van der Waals surface area contributed by atoms with E-state index in [2.05, 4.69) is 20.1 Å². The Bertz CT molecular complexity index is 689. The van der Waals surface area contributed by atoms with Crippen LogP contribution in [-0.4, -0.2) is 30.2 Å². The Morgan fingerprint density at radius 3 is 2.75 bits per heavy atom. The molecule has 9 heteroatoms. The fraction of sp³-hybridized carbons (Fsp3) is 0.455. The third kappa shape index (κ3) is 3.24. The molecule has 0 atom stereocenters. The van der Waals surface area contributed by atoms with Crippen LogP contribution in [0.3, 0.4) is 0 Å². The number of furan rings is 1. The maximum Gasteiger partial charge on any atom is 0.244 e. The molecule has 0 bridgehead atoms. The van der Waals surface area contributed by atoms with Crippen molar-refractivity contribution in [3.05, 3.63) is 29.7 Å². The van der Waals surface area contributed by atoms with Crippen molar-refractivity contribution < 1.29 is 12.8 Å². The summed E-state index contributed by atoms with van der Waals surface area (Å²) in [5, 5.41) is 6.91. The summed E-state index contributed by atoms with van der Waals surface area (Å²) in [5.74, 6) is 1.34. The van der Waals surface area contributed by atoms with E-state index in [1.807, 2.05) is 0 Å². The van der Waals surface area contributed by atoms with Crippen molar-refractivity contribution in [2.24, 2.45) is 7.05 Å². The highest BCUT2D eigenvalue weighted by Crippen LogP contribution is 2.19. The lowest BCUT2D eigenvalue weighted by Crippen LogP contribution is -2.24. The van der Waals surface area contributed by atoms with Crippen LogP contribution in [0.4, 0.5) is 0 Å². The number of nitrogens with one attached hydrogen (secondary N) is 2. The molecule has 0 aliphatic carbocycles. The van der Waals surface area contributed by atoms with Gasteiger partial charge in [0.1, 0.15) is 22.7 Å². The van der Waals surface area contributed by atoms with Crippen molar-refractivity contribution in [3.63, 3.8) is 0 Å². The first-order valence-corrected chi connectivity index (χ1v) is 7.49. The van der Waals surface area contributed by atoms with Gasteiger partial charge in [0.2, 0.25) is 10.0 Å². The van der Waals surface area contributed by atoms with Crippen LogP contribution in [0.2, 0.25) is 0 Å². The summed E-state index contributed by atoms with van der Waals surface area (Å²) >= 11 is 0. The molecule has 2 aromatic heterocycles. The zero-order valence-corrected chi connectivity index (χ0v) is 12.4. The lowest BCUT2D eigenvalue weighted by molar-refractivity contribution is 0.465. The molecule has 8 nitrogen and oxygen atoms in total. The third-order valence-corrected chi connectivity index (χ3v) is 4.14. The van der Waals surface area contributed by atoms with Gasteiger partial charge in [-0.2, -0.15) is 5.10 Å². The second kappa shape index (κ2) is 5.73. The van der Waals surface area contributed by atoms with Gasteiger partial charge >= 0.3 is 0 Å². The van der Waals surface area contributed by atoms with Gasteiger partial charge in [-0.1, -0.05) is 0 Å². The van der Waals surface area contributed by atoms with Crippen LogP contribution in [0, 0.1) is 6.92 Å². The van der Waals surface area contributed by atoms with Crippen LogP contribution >= 0.6 is 0 Å². The van der Waals surface area contributed by atoms with Gasteiger partial charge in [-0.15, -0.1) is 0 Å². The molecule has 2 aromatic rings. The van der Waals surface area contributed by atoms with E-state index in [9.17, 15) is 8.42 Å². The van der Waals surface area contributed by atoms with Gasteiger partial charge in [0.05, 0.1) is 13.1 Å². The maximum atomic E-state index is 12.2. The quantitative estimate of drug-likeness (QED) is 0.773. The average molecular weight is 299 g/mol. The summed E-state index contributed by atoms with van der Waals surface area (Å²) < 4.78 is 33.7. The van der Waals surface area contributed by atoms with Crippen LogP contribution in [-0.2, 0) is 30.2 Å². The summed E-state index contributed by atoms with van der Waals surface area (Å²) in [6.45, 7) is 2.13. The molecule has 2 N–H and O–H groups in total. The van der Waals surface area contributed by atoms with Crippen molar-refractivity contribution in [1.29, 1.82) is 0 Å². The Morgan fingerprint density at radius 1 is 1.40 bits per heavy atom. The minimum Gasteiger partial charge on any atom is -0.464 e. The predicted molar refractivity (Wildman–Crippen MR) is 71.2 cm³/mol. The van der Waals surface area contributed by atoms with Gasteiger partial charge in [-0.05, 0) is 14.0 Å². The summed E-state index contributed by atoms with van der Waals surface area (Å²) in [4.78, 5) is 4.10. The second-order valence-electron chi connectivity index (χ2n) is 4.32.